The molecule has 2 fully saturated rings. The van der Waals surface area contributed by atoms with Crippen molar-refractivity contribution < 1.29 is 14.3 Å². The fourth-order valence-electron chi connectivity index (χ4n) is 4.13. The van der Waals surface area contributed by atoms with E-state index >= 15 is 0 Å². The predicted octanol–water partition coefficient (Wildman–Crippen LogP) is 1.10. The minimum atomic E-state index is -0.103. The molecule has 0 radical (unpaired) electrons. The number of aromatic nitrogens is 3. The van der Waals surface area contributed by atoms with Crippen LogP contribution >= 0.6 is 0 Å². The molecule has 8 heteroatoms. The Bertz CT molecular complexity index is 795. The monoisotopic (exact) mass is 383 g/mol. The Labute approximate surface area is 163 Å². The maximum absolute atomic E-state index is 13.0. The quantitative estimate of drug-likeness (QED) is 0.835. The van der Waals surface area contributed by atoms with Gasteiger partial charge < -0.3 is 15.0 Å². The van der Waals surface area contributed by atoms with Gasteiger partial charge in [-0.05, 0) is 37.5 Å². The van der Waals surface area contributed by atoms with E-state index < -0.39 is 0 Å². The van der Waals surface area contributed by atoms with E-state index in [1.165, 1.54) is 0 Å². The summed E-state index contributed by atoms with van der Waals surface area (Å²) in [6, 6.07) is 5.26. The van der Waals surface area contributed by atoms with Gasteiger partial charge in [0, 0.05) is 49.4 Å². The molecule has 3 heterocycles. The fraction of sp³-hybridized carbons (Fsp3) is 0.500. The second kappa shape index (κ2) is 8.52. The molecule has 0 bridgehead atoms. The average Bonchev–Trinajstić information content (AvgIpc) is 3.26. The van der Waals surface area contributed by atoms with Gasteiger partial charge in [-0.2, -0.15) is 5.10 Å². The molecule has 1 aliphatic heterocycles. The zero-order valence-electron chi connectivity index (χ0n) is 15.7. The average molecular weight is 383 g/mol. The Hall–Kier alpha value is -2.74. The van der Waals surface area contributed by atoms with Crippen LogP contribution < -0.4 is 5.32 Å². The van der Waals surface area contributed by atoms with Gasteiger partial charge in [0.25, 0.3) is 5.91 Å². The Morgan fingerprint density at radius 2 is 2.07 bits per heavy atom. The third-order valence-corrected chi connectivity index (χ3v) is 5.58. The van der Waals surface area contributed by atoms with Gasteiger partial charge in [-0.3, -0.25) is 19.3 Å². The fourth-order valence-corrected chi connectivity index (χ4v) is 4.13. The van der Waals surface area contributed by atoms with E-state index in [1.54, 1.807) is 35.4 Å². The number of carbonyl (C=O) groups excluding carboxylic acids is 2. The van der Waals surface area contributed by atoms with Crippen LogP contribution in [0.2, 0.25) is 0 Å². The standard InChI is InChI=1S/C20H25N5O3/c26-19(22-9-11-24-10-1-6-23-24)16-2-3-18-17(14-16)25(12-13-28-18)20(27)15-4-7-21-8-5-15/h1,4-8,10,16-18H,2-3,9,11-14H2,(H,22,26)/t16-,17+,18+/m0/s1. The molecular formula is C20H25N5O3. The lowest BCUT2D eigenvalue weighted by Gasteiger charge is -2.45. The number of hydrogen-bond donors (Lipinski definition) is 1. The molecule has 1 saturated carbocycles. The van der Waals surface area contributed by atoms with Crippen LogP contribution in [0.3, 0.4) is 0 Å². The zero-order chi connectivity index (χ0) is 19.3. The normalized spacial score (nSPS) is 24.4. The highest BCUT2D eigenvalue weighted by Gasteiger charge is 2.41. The number of nitrogens with one attached hydrogen (secondary N) is 1. The molecule has 3 atom stereocenters. The number of hydrogen-bond acceptors (Lipinski definition) is 5. The van der Waals surface area contributed by atoms with E-state index in [2.05, 4.69) is 15.4 Å². The molecule has 8 nitrogen and oxygen atoms in total. The summed E-state index contributed by atoms with van der Waals surface area (Å²) < 4.78 is 7.70. The molecule has 1 aliphatic carbocycles. The van der Waals surface area contributed by atoms with Gasteiger partial charge in [0.05, 0.1) is 25.3 Å². The van der Waals surface area contributed by atoms with E-state index in [4.69, 9.17) is 4.74 Å². The van der Waals surface area contributed by atoms with Crippen molar-refractivity contribution in [1.29, 1.82) is 0 Å². The van der Waals surface area contributed by atoms with E-state index in [-0.39, 0.29) is 29.9 Å². The van der Waals surface area contributed by atoms with Crippen LogP contribution in [0.25, 0.3) is 0 Å². The maximum atomic E-state index is 13.0. The van der Waals surface area contributed by atoms with Gasteiger partial charge in [0.1, 0.15) is 0 Å². The van der Waals surface area contributed by atoms with Gasteiger partial charge in [0.15, 0.2) is 0 Å². The van der Waals surface area contributed by atoms with Crippen LogP contribution in [0, 0.1) is 5.92 Å². The zero-order valence-corrected chi connectivity index (χ0v) is 15.7. The molecule has 2 amide bonds. The number of pyridine rings is 1. The summed E-state index contributed by atoms with van der Waals surface area (Å²) in [4.78, 5) is 31.5. The minimum absolute atomic E-state index is 0.00709. The van der Waals surface area contributed by atoms with E-state index in [1.807, 2.05) is 17.2 Å². The van der Waals surface area contributed by atoms with E-state index in [0.717, 1.165) is 12.8 Å². The van der Waals surface area contributed by atoms with Crippen molar-refractivity contribution in [1.82, 2.24) is 25.0 Å². The molecule has 2 aromatic rings. The summed E-state index contributed by atoms with van der Waals surface area (Å²) in [5.41, 5.74) is 0.626. The van der Waals surface area contributed by atoms with Crippen LogP contribution in [0.1, 0.15) is 29.6 Å². The topological polar surface area (TPSA) is 89.4 Å². The summed E-state index contributed by atoms with van der Waals surface area (Å²) in [5, 5.41) is 7.15. The van der Waals surface area contributed by atoms with Gasteiger partial charge in [-0.15, -0.1) is 0 Å². The van der Waals surface area contributed by atoms with Crippen LogP contribution in [0.15, 0.2) is 43.0 Å². The molecular weight excluding hydrogens is 358 g/mol. The van der Waals surface area contributed by atoms with Gasteiger partial charge >= 0.3 is 0 Å². The van der Waals surface area contributed by atoms with Gasteiger partial charge in [0.2, 0.25) is 5.91 Å². The van der Waals surface area contributed by atoms with Crippen molar-refractivity contribution in [2.24, 2.45) is 5.92 Å². The smallest absolute Gasteiger partial charge is 0.254 e. The van der Waals surface area contributed by atoms with Gasteiger partial charge in [-0.1, -0.05) is 0 Å². The number of fused-ring (bicyclic) bond motifs is 1. The minimum Gasteiger partial charge on any atom is -0.374 e. The Morgan fingerprint density at radius 3 is 2.86 bits per heavy atom. The number of nitrogens with zero attached hydrogens (tertiary/aromatic N) is 4. The molecule has 0 unspecified atom stereocenters. The second-order valence-corrected chi connectivity index (χ2v) is 7.28. The van der Waals surface area contributed by atoms with E-state index in [9.17, 15) is 9.59 Å². The number of carbonyl (C=O) groups is 2. The van der Waals surface area contributed by atoms with Crippen molar-refractivity contribution in [3.63, 3.8) is 0 Å². The number of amides is 2. The third-order valence-electron chi connectivity index (χ3n) is 5.58. The van der Waals surface area contributed by atoms with Gasteiger partial charge in [-0.25, -0.2) is 0 Å². The largest absolute Gasteiger partial charge is 0.374 e. The molecule has 28 heavy (non-hydrogen) atoms. The lowest BCUT2D eigenvalue weighted by Crippen LogP contribution is -2.57. The molecule has 148 valence electrons. The second-order valence-electron chi connectivity index (χ2n) is 7.28. The summed E-state index contributed by atoms with van der Waals surface area (Å²) in [6.45, 7) is 2.28. The molecule has 2 aromatic heterocycles. The lowest BCUT2D eigenvalue weighted by atomic mass is 9.81. The highest BCUT2D eigenvalue weighted by Crippen LogP contribution is 2.33. The summed E-state index contributed by atoms with van der Waals surface area (Å²) in [6.07, 6.45) is 9.07. The van der Waals surface area contributed by atoms with Crippen molar-refractivity contribution in [3.05, 3.63) is 48.5 Å². The Kier molecular flexibility index (Phi) is 5.66. The van der Waals surface area contributed by atoms with Crippen molar-refractivity contribution in [2.45, 2.75) is 38.0 Å². The number of ether oxygens (including phenoxy) is 1. The van der Waals surface area contributed by atoms with E-state index in [0.29, 0.717) is 38.2 Å². The summed E-state index contributed by atoms with van der Waals surface area (Å²) in [7, 11) is 0. The van der Waals surface area contributed by atoms with Crippen LogP contribution in [-0.4, -0.2) is 63.3 Å². The van der Waals surface area contributed by atoms with Crippen LogP contribution in [0.5, 0.6) is 0 Å². The molecule has 1 saturated heterocycles. The summed E-state index contributed by atoms with van der Waals surface area (Å²) in [5.74, 6) is -0.0683. The lowest BCUT2D eigenvalue weighted by molar-refractivity contribution is -0.131. The molecule has 4 rings (SSSR count). The van der Waals surface area contributed by atoms with Crippen LogP contribution in [0.4, 0.5) is 0 Å². The predicted molar refractivity (Wildman–Crippen MR) is 101 cm³/mol. The SMILES string of the molecule is O=C(NCCn1cccn1)[C@H]1CC[C@H]2OCCN(C(=O)c3ccncc3)[C@@H]2C1. The molecule has 1 N–H and O–H groups in total. The first-order valence-electron chi connectivity index (χ1n) is 9.80. The highest BCUT2D eigenvalue weighted by atomic mass is 16.5. The number of morpholine rings is 1. The third kappa shape index (κ3) is 4.06. The summed E-state index contributed by atoms with van der Waals surface area (Å²) >= 11 is 0. The first-order valence-corrected chi connectivity index (χ1v) is 9.80. The van der Waals surface area contributed by atoms with Crippen LogP contribution in [-0.2, 0) is 16.1 Å². The highest BCUT2D eigenvalue weighted by molar-refractivity contribution is 5.94. The molecule has 0 spiro atoms. The van der Waals surface area contributed by atoms with Crippen molar-refractivity contribution in [2.75, 3.05) is 19.7 Å². The first-order chi connectivity index (χ1) is 13.7. The van der Waals surface area contributed by atoms with Crippen molar-refractivity contribution >= 4 is 11.8 Å². The number of rotatable bonds is 5. The maximum Gasteiger partial charge on any atom is 0.254 e. The first kappa shape index (κ1) is 18.6. The Balaban J connectivity index is 1.37. The Morgan fingerprint density at radius 1 is 1.21 bits per heavy atom. The molecule has 2 aliphatic rings. The van der Waals surface area contributed by atoms with Crippen molar-refractivity contribution in [3.8, 4) is 0 Å². The molecule has 0 aromatic carbocycles.